The standard InChI is InChI=1S/C11H22N2OS/c1-11(2)8-12-6-4-9(11)13-10(14)5-7-15-3/h9,12H,4-8H2,1-3H3,(H,13,14). The van der Waals surface area contributed by atoms with Crippen LogP contribution in [0.4, 0.5) is 0 Å². The second-order valence-corrected chi connectivity index (χ2v) is 5.80. The molecule has 0 aromatic rings. The molecule has 0 bridgehead atoms. The van der Waals surface area contributed by atoms with E-state index < -0.39 is 0 Å². The Morgan fingerprint density at radius 2 is 2.33 bits per heavy atom. The van der Waals surface area contributed by atoms with Crippen LogP contribution < -0.4 is 10.6 Å². The van der Waals surface area contributed by atoms with Crippen molar-refractivity contribution in [1.82, 2.24) is 10.6 Å². The molecule has 1 heterocycles. The molecule has 1 fully saturated rings. The van der Waals surface area contributed by atoms with Gasteiger partial charge in [0.2, 0.25) is 5.91 Å². The van der Waals surface area contributed by atoms with Crippen molar-refractivity contribution in [3.63, 3.8) is 0 Å². The highest BCUT2D eigenvalue weighted by atomic mass is 32.2. The number of nitrogens with one attached hydrogen (secondary N) is 2. The molecule has 1 atom stereocenters. The number of carbonyl (C=O) groups is 1. The van der Waals surface area contributed by atoms with Crippen LogP contribution in [0.15, 0.2) is 0 Å². The Kier molecular flexibility index (Phi) is 4.93. The highest BCUT2D eigenvalue weighted by molar-refractivity contribution is 7.98. The third-order valence-corrected chi connectivity index (χ3v) is 3.61. The van der Waals surface area contributed by atoms with Gasteiger partial charge in [-0.3, -0.25) is 4.79 Å². The van der Waals surface area contributed by atoms with E-state index in [4.69, 9.17) is 0 Å². The van der Waals surface area contributed by atoms with Gasteiger partial charge in [-0.15, -0.1) is 0 Å². The summed E-state index contributed by atoms with van der Waals surface area (Å²) in [5.74, 6) is 1.11. The molecule has 88 valence electrons. The minimum atomic E-state index is 0.174. The van der Waals surface area contributed by atoms with Gasteiger partial charge >= 0.3 is 0 Å². The maximum atomic E-state index is 11.6. The Labute approximate surface area is 96.8 Å². The van der Waals surface area contributed by atoms with Crippen molar-refractivity contribution in [3.05, 3.63) is 0 Å². The Morgan fingerprint density at radius 1 is 1.60 bits per heavy atom. The summed E-state index contributed by atoms with van der Waals surface area (Å²) in [4.78, 5) is 11.6. The Balaban J connectivity index is 2.38. The van der Waals surface area contributed by atoms with Crippen LogP contribution >= 0.6 is 11.8 Å². The molecule has 0 saturated carbocycles. The summed E-state index contributed by atoms with van der Waals surface area (Å²) in [5, 5.41) is 6.52. The van der Waals surface area contributed by atoms with Crippen molar-refractivity contribution in [2.75, 3.05) is 25.1 Å². The molecule has 0 aromatic carbocycles. The van der Waals surface area contributed by atoms with Gasteiger partial charge in [-0.05, 0) is 24.6 Å². The van der Waals surface area contributed by atoms with E-state index in [0.717, 1.165) is 25.3 Å². The molecule has 1 saturated heterocycles. The number of thioether (sulfide) groups is 1. The summed E-state index contributed by atoms with van der Waals surface area (Å²) < 4.78 is 0. The van der Waals surface area contributed by atoms with E-state index in [2.05, 4.69) is 24.5 Å². The van der Waals surface area contributed by atoms with Gasteiger partial charge in [-0.25, -0.2) is 0 Å². The van der Waals surface area contributed by atoms with Crippen molar-refractivity contribution >= 4 is 17.7 Å². The first-order valence-corrected chi connectivity index (χ1v) is 6.94. The van der Waals surface area contributed by atoms with Crippen LogP contribution in [0.1, 0.15) is 26.7 Å². The van der Waals surface area contributed by atoms with Gasteiger partial charge in [0.1, 0.15) is 0 Å². The summed E-state index contributed by atoms with van der Waals surface area (Å²) in [5.41, 5.74) is 0.174. The van der Waals surface area contributed by atoms with E-state index in [1.54, 1.807) is 11.8 Å². The fourth-order valence-corrected chi connectivity index (χ4v) is 2.29. The molecule has 1 aliphatic heterocycles. The minimum Gasteiger partial charge on any atom is -0.353 e. The molecule has 1 unspecified atom stereocenters. The first kappa shape index (κ1) is 12.8. The summed E-state index contributed by atoms with van der Waals surface area (Å²) in [7, 11) is 0. The number of rotatable bonds is 4. The van der Waals surface area contributed by atoms with Gasteiger partial charge in [0, 0.05) is 24.8 Å². The molecular formula is C11H22N2OS. The second-order valence-electron chi connectivity index (χ2n) is 4.82. The zero-order valence-electron chi connectivity index (χ0n) is 9.93. The predicted octanol–water partition coefficient (Wildman–Crippen LogP) is 1.24. The Morgan fingerprint density at radius 3 is 2.93 bits per heavy atom. The van der Waals surface area contributed by atoms with Gasteiger partial charge in [0.25, 0.3) is 0 Å². The fourth-order valence-electron chi connectivity index (χ4n) is 1.90. The van der Waals surface area contributed by atoms with Gasteiger partial charge in [0.05, 0.1) is 0 Å². The summed E-state index contributed by atoms with van der Waals surface area (Å²) in [6, 6.07) is 0.327. The molecule has 0 radical (unpaired) electrons. The number of amides is 1. The van der Waals surface area contributed by atoms with Crippen molar-refractivity contribution in [2.24, 2.45) is 5.41 Å². The Hall–Kier alpha value is -0.220. The summed E-state index contributed by atoms with van der Waals surface area (Å²) >= 11 is 1.72. The quantitative estimate of drug-likeness (QED) is 0.763. The lowest BCUT2D eigenvalue weighted by atomic mass is 9.80. The van der Waals surface area contributed by atoms with Gasteiger partial charge < -0.3 is 10.6 Å². The lowest BCUT2D eigenvalue weighted by Crippen LogP contribution is -2.54. The van der Waals surface area contributed by atoms with Crippen LogP contribution in [-0.2, 0) is 4.79 Å². The van der Waals surface area contributed by atoms with Crippen molar-refractivity contribution in [3.8, 4) is 0 Å². The van der Waals surface area contributed by atoms with E-state index >= 15 is 0 Å². The monoisotopic (exact) mass is 230 g/mol. The molecule has 3 nitrogen and oxygen atoms in total. The number of carbonyl (C=O) groups excluding carboxylic acids is 1. The van der Waals surface area contributed by atoms with Crippen LogP contribution in [0.3, 0.4) is 0 Å². The first-order valence-electron chi connectivity index (χ1n) is 5.55. The highest BCUT2D eigenvalue weighted by Crippen LogP contribution is 2.24. The first-order chi connectivity index (χ1) is 7.06. The van der Waals surface area contributed by atoms with Gasteiger partial charge in [-0.1, -0.05) is 13.8 Å². The van der Waals surface area contributed by atoms with Gasteiger partial charge in [-0.2, -0.15) is 11.8 Å². The average molecular weight is 230 g/mol. The van der Waals surface area contributed by atoms with Crippen LogP contribution in [0.25, 0.3) is 0 Å². The van der Waals surface area contributed by atoms with E-state index in [1.807, 2.05) is 6.26 Å². The maximum absolute atomic E-state index is 11.6. The lowest BCUT2D eigenvalue weighted by Gasteiger charge is -2.39. The zero-order chi connectivity index (χ0) is 11.3. The SMILES string of the molecule is CSCCC(=O)NC1CCNCC1(C)C. The largest absolute Gasteiger partial charge is 0.353 e. The maximum Gasteiger partial charge on any atom is 0.221 e. The normalized spacial score (nSPS) is 24.9. The third-order valence-electron chi connectivity index (χ3n) is 3.00. The zero-order valence-corrected chi connectivity index (χ0v) is 10.7. The molecule has 0 aromatic heterocycles. The van der Waals surface area contributed by atoms with Gasteiger partial charge in [0.15, 0.2) is 0 Å². The topological polar surface area (TPSA) is 41.1 Å². The fraction of sp³-hybridized carbons (Fsp3) is 0.909. The summed E-state index contributed by atoms with van der Waals surface area (Å²) in [6.45, 7) is 6.41. The highest BCUT2D eigenvalue weighted by Gasteiger charge is 2.32. The molecule has 0 spiro atoms. The molecule has 0 aliphatic carbocycles. The number of hydrogen-bond donors (Lipinski definition) is 2. The average Bonchev–Trinajstić information content (AvgIpc) is 2.18. The van der Waals surface area contributed by atoms with E-state index in [-0.39, 0.29) is 11.3 Å². The number of piperidine rings is 1. The van der Waals surface area contributed by atoms with E-state index in [1.165, 1.54) is 0 Å². The molecule has 15 heavy (non-hydrogen) atoms. The third kappa shape index (κ3) is 4.03. The summed E-state index contributed by atoms with van der Waals surface area (Å²) in [6.07, 6.45) is 3.71. The van der Waals surface area contributed by atoms with Crippen LogP contribution in [0, 0.1) is 5.41 Å². The number of hydrogen-bond acceptors (Lipinski definition) is 3. The molecule has 1 amide bonds. The smallest absolute Gasteiger partial charge is 0.221 e. The van der Waals surface area contributed by atoms with Crippen LogP contribution in [0.5, 0.6) is 0 Å². The van der Waals surface area contributed by atoms with E-state index in [0.29, 0.717) is 12.5 Å². The van der Waals surface area contributed by atoms with Crippen molar-refractivity contribution in [2.45, 2.75) is 32.7 Å². The van der Waals surface area contributed by atoms with Crippen LogP contribution in [-0.4, -0.2) is 37.0 Å². The lowest BCUT2D eigenvalue weighted by molar-refractivity contribution is -0.122. The van der Waals surface area contributed by atoms with E-state index in [9.17, 15) is 4.79 Å². The molecule has 1 rings (SSSR count). The van der Waals surface area contributed by atoms with Crippen LogP contribution in [0.2, 0.25) is 0 Å². The van der Waals surface area contributed by atoms with Crippen molar-refractivity contribution in [1.29, 1.82) is 0 Å². The Bertz CT molecular complexity index is 219. The molecule has 1 aliphatic rings. The van der Waals surface area contributed by atoms with Crippen molar-refractivity contribution < 1.29 is 4.79 Å². The molecule has 2 N–H and O–H groups in total. The molecular weight excluding hydrogens is 208 g/mol. The predicted molar refractivity (Wildman–Crippen MR) is 66.2 cm³/mol. The molecule has 4 heteroatoms. The minimum absolute atomic E-state index is 0.174. The second kappa shape index (κ2) is 5.75.